The van der Waals surface area contributed by atoms with Gasteiger partial charge in [-0.25, -0.2) is 0 Å². The lowest BCUT2D eigenvalue weighted by Gasteiger charge is -2.09. The third kappa shape index (κ3) is 2.40. The van der Waals surface area contributed by atoms with Gasteiger partial charge in [-0.1, -0.05) is 23.7 Å². The van der Waals surface area contributed by atoms with Crippen LogP contribution in [0.2, 0.25) is 5.02 Å². The summed E-state index contributed by atoms with van der Waals surface area (Å²) in [6.45, 7) is 1.92. The zero-order valence-corrected chi connectivity index (χ0v) is 11.7. The third-order valence-corrected chi connectivity index (χ3v) is 3.32. The number of benzene rings is 2. The SMILES string of the molecule is Cc1cc(N)c2cc(Oc3ccccc3Cl)ccc2n1. The van der Waals surface area contributed by atoms with Crippen LogP contribution in [0.1, 0.15) is 5.69 Å². The van der Waals surface area contributed by atoms with E-state index in [2.05, 4.69) is 4.98 Å². The number of anilines is 1. The van der Waals surface area contributed by atoms with Crippen LogP contribution < -0.4 is 10.5 Å². The summed E-state index contributed by atoms with van der Waals surface area (Å²) in [6.07, 6.45) is 0. The first kappa shape index (κ1) is 12.8. The fourth-order valence-electron chi connectivity index (χ4n) is 2.09. The summed E-state index contributed by atoms with van der Waals surface area (Å²) < 4.78 is 5.79. The van der Waals surface area contributed by atoms with E-state index in [9.17, 15) is 0 Å². The molecule has 0 fully saturated rings. The molecule has 0 amide bonds. The normalized spacial score (nSPS) is 10.7. The van der Waals surface area contributed by atoms with Crippen LogP contribution in [0.4, 0.5) is 5.69 Å². The van der Waals surface area contributed by atoms with E-state index in [1.165, 1.54) is 0 Å². The summed E-state index contributed by atoms with van der Waals surface area (Å²) in [4.78, 5) is 4.44. The minimum absolute atomic E-state index is 0.572. The number of hydrogen-bond acceptors (Lipinski definition) is 3. The van der Waals surface area contributed by atoms with Gasteiger partial charge in [-0.3, -0.25) is 4.98 Å². The van der Waals surface area contributed by atoms with Crippen LogP contribution in [-0.4, -0.2) is 4.98 Å². The Balaban J connectivity index is 2.03. The molecule has 0 atom stereocenters. The molecule has 20 heavy (non-hydrogen) atoms. The molecule has 3 aromatic rings. The lowest BCUT2D eigenvalue weighted by Crippen LogP contribution is -1.93. The quantitative estimate of drug-likeness (QED) is 0.750. The molecule has 3 rings (SSSR count). The second kappa shape index (κ2) is 5.02. The van der Waals surface area contributed by atoms with E-state index in [-0.39, 0.29) is 0 Å². The van der Waals surface area contributed by atoms with Crippen LogP contribution in [0.15, 0.2) is 48.5 Å². The van der Waals surface area contributed by atoms with Gasteiger partial charge in [0, 0.05) is 16.8 Å². The Kier molecular flexibility index (Phi) is 3.20. The molecule has 0 saturated carbocycles. The predicted octanol–water partition coefficient (Wildman–Crippen LogP) is 4.57. The molecule has 3 nitrogen and oxygen atoms in total. The highest BCUT2D eigenvalue weighted by atomic mass is 35.5. The van der Waals surface area contributed by atoms with Gasteiger partial charge >= 0.3 is 0 Å². The number of fused-ring (bicyclic) bond motifs is 1. The van der Waals surface area contributed by atoms with Crippen LogP contribution in [-0.2, 0) is 0 Å². The topological polar surface area (TPSA) is 48.1 Å². The maximum atomic E-state index is 6.08. The summed E-state index contributed by atoms with van der Waals surface area (Å²) in [5, 5.41) is 1.45. The molecule has 0 bridgehead atoms. The molecule has 0 aliphatic carbocycles. The number of aryl methyl sites for hydroxylation is 1. The fourth-order valence-corrected chi connectivity index (χ4v) is 2.26. The van der Waals surface area contributed by atoms with Crippen molar-refractivity contribution in [2.45, 2.75) is 6.92 Å². The Hall–Kier alpha value is -2.26. The Morgan fingerprint density at radius 3 is 2.70 bits per heavy atom. The molecule has 0 aliphatic rings. The van der Waals surface area contributed by atoms with Gasteiger partial charge < -0.3 is 10.5 Å². The zero-order valence-electron chi connectivity index (χ0n) is 10.9. The Morgan fingerprint density at radius 2 is 1.90 bits per heavy atom. The van der Waals surface area contributed by atoms with E-state index in [1.54, 1.807) is 6.07 Å². The van der Waals surface area contributed by atoms with E-state index in [0.717, 1.165) is 16.6 Å². The maximum Gasteiger partial charge on any atom is 0.146 e. The fraction of sp³-hybridized carbons (Fsp3) is 0.0625. The molecule has 4 heteroatoms. The van der Waals surface area contributed by atoms with E-state index in [1.807, 2.05) is 49.4 Å². The summed E-state index contributed by atoms with van der Waals surface area (Å²) in [5.74, 6) is 1.30. The highest BCUT2D eigenvalue weighted by Gasteiger charge is 2.06. The van der Waals surface area contributed by atoms with Crippen LogP contribution in [0, 0.1) is 6.92 Å². The van der Waals surface area contributed by atoms with Crippen molar-refractivity contribution in [3.05, 3.63) is 59.2 Å². The number of nitrogen functional groups attached to an aromatic ring is 1. The van der Waals surface area contributed by atoms with Crippen molar-refractivity contribution in [2.24, 2.45) is 0 Å². The Morgan fingerprint density at radius 1 is 1.10 bits per heavy atom. The lowest BCUT2D eigenvalue weighted by atomic mass is 10.1. The Bertz CT molecular complexity index is 787. The smallest absolute Gasteiger partial charge is 0.146 e. The number of para-hydroxylation sites is 1. The molecule has 0 spiro atoms. The molecule has 100 valence electrons. The number of pyridine rings is 1. The first-order valence-corrected chi connectivity index (χ1v) is 6.60. The number of aromatic nitrogens is 1. The van der Waals surface area contributed by atoms with E-state index < -0.39 is 0 Å². The molecule has 0 radical (unpaired) electrons. The highest BCUT2D eigenvalue weighted by Crippen LogP contribution is 2.31. The highest BCUT2D eigenvalue weighted by molar-refractivity contribution is 6.32. The first-order valence-electron chi connectivity index (χ1n) is 6.23. The molecule has 0 aliphatic heterocycles. The summed E-state index contributed by atoms with van der Waals surface area (Å²) >= 11 is 6.08. The molecule has 0 unspecified atom stereocenters. The summed E-state index contributed by atoms with van der Waals surface area (Å²) in [7, 11) is 0. The van der Waals surface area contributed by atoms with Gasteiger partial charge in [-0.2, -0.15) is 0 Å². The van der Waals surface area contributed by atoms with Crippen LogP contribution in [0.25, 0.3) is 10.9 Å². The van der Waals surface area contributed by atoms with E-state index in [4.69, 9.17) is 22.1 Å². The number of ether oxygens (including phenoxy) is 1. The van der Waals surface area contributed by atoms with Gasteiger partial charge in [0.25, 0.3) is 0 Å². The van der Waals surface area contributed by atoms with Gasteiger partial charge in [0.1, 0.15) is 11.5 Å². The standard InChI is InChI=1S/C16H13ClN2O/c1-10-8-14(18)12-9-11(6-7-15(12)19-10)20-16-5-3-2-4-13(16)17/h2-9H,1H3,(H2,18,19). The van der Waals surface area contributed by atoms with E-state index >= 15 is 0 Å². The summed E-state index contributed by atoms with van der Waals surface area (Å²) in [5.41, 5.74) is 8.47. The van der Waals surface area contributed by atoms with E-state index in [0.29, 0.717) is 22.2 Å². The minimum atomic E-state index is 0.572. The van der Waals surface area contributed by atoms with Crippen molar-refractivity contribution in [3.8, 4) is 11.5 Å². The van der Waals surface area contributed by atoms with Gasteiger partial charge in [0.2, 0.25) is 0 Å². The second-order valence-corrected chi connectivity index (χ2v) is 4.97. The van der Waals surface area contributed by atoms with Gasteiger partial charge in [-0.15, -0.1) is 0 Å². The van der Waals surface area contributed by atoms with Crippen LogP contribution in [0.3, 0.4) is 0 Å². The minimum Gasteiger partial charge on any atom is -0.456 e. The van der Waals surface area contributed by atoms with Crippen LogP contribution in [0.5, 0.6) is 11.5 Å². The average molecular weight is 285 g/mol. The number of hydrogen-bond donors (Lipinski definition) is 1. The zero-order chi connectivity index (χ0) is 14.1. The second-order valence-electron chi connectivity index (χ2n) is 4.56. The molecule has 1 aromatic heterocycles. The number of halogens is 1. The molecule has 2 aromatic carbocycles. The number of nitrogens with two attached hydrogens (primary N) is 1. The lowest BCUT2D eigenvalue weighted by molar-refractivity contribution is 0.483. The van der Waals surface area contributed by atoms with Crippen molar-refractivity contribution in [1.82, 2.24) is 4.98 Å². The van der Waals surface area contributed by atoms with Gasteiger partial charge in [-0.05, 0) is 43.3 Å². The predicted molar refractivity (Wildman–Crippen MR) is 82.4 cm³/mol. The van der Waals surface area contributed by atoms with Crippen molar-refractivity contribution < 1.29 is 4.74 Å². The van der Waals surface area contributed by atoms with Crippen molar-refractivity contribution in [2.75, 3.05) is 5.73 Å². The molecule has 1 heterocycles. The summed E-state index contributed by atoms with van der Waals surface area (Å²) in [6, 6.07) is 14.8. The monoisotopic (exact) mass is 284 g/mol. The maximum absolute atomic E-state index is 6.08. The van der Waals surface area contributed by atoms with Crippen molar-refractivity contribution in [1.29, 1.82) is 0 Å². The Labute approximate surface area is 122 Å². The van der Waals surface area contributed by atoms with Crippen molar-refractivity contribution >= 4 is 28.2 Å². The molecule has 0 saturated heterocycles. The molecular weight excluding hydrogens is 272 g/mol. The largest absolute Gasteiger partial charge is 0.456 e. The van der Waals surface area contributed by atoms with Crippen LogP contribution >= 0.6 is 11.6 Å². The van der Waals surface area contributed by atoms with Crippen molar-refractivity contribution in [3.63, 3.8) is 0 Å². The number of rotatable bonds is 2. The number of nitrogens with zero attached hydrogens (tertiary/aromatic N) is 1. The molecule has 2 N–H and O–H groups in total. The molecular formula is C16H13ClN2O. The van der Waals surface area contributed by atoms with Gasteiger partial charge in [0.15, 0.2) is 0 Å². The van der Waals surface area contributed by atoms with Gasteiger partial charge in [0.05, 0.1) is 10.5 Å². The first-order chi connectivity index (χ1) is 9.63. The third-order valence-electron chi connectivity index (χ3n) is 3.00. The average Bonchev–Trinajstić information content (AvgIpc) is 2.42.